The SMILES string of the molecule is [2H]C([2H])([2H])c1ccc(-c2c(C)ccc3c2OC(C)(C)C3(C)C)[n+](C)c1.[2H]C([2H])([2H])c1ccc(-c2c(C)ccc3c2OC(C)(C)C32CCCC2)[n+](C)c1.[2H]C([2H])([2H])c1ccc(-c2c(C)ccc3c2OC(C)(C)CC3)[n+](C)c1.[2H]C([2H])([2H])c1ccc(-c2c(C)ccc3c2OC2(CCCCC2)CC3([2H])[2H])[n+](C)c1.[2H]C([2H])([2H])c1ccc(-c2c(C)ccc3c2OC2(CCCCC2)CC3)[n+](C)c1. The zero-order chi connectivity index (χ0) is 96.4. The molecular weight excluding hydrogens is 1410 g/mol. The van der Waals surface area contributed by atoms with Crippen molar-refractivity contribution < 1.29 is 69.8 Å². The van der Waals surface area contributed by atoms with E-state index in [1.807, 2.05) is 107 Å². The van der Waals surface area contributed by atoms with Crippen LogP contribution in [0.5, 0.6) is 28.7 Å². The first-order chi connectivity index (χ1) is 61.3. The van der Waals surface area contributed by atoms with Gasteiger partial charge in [0.15, 0.2) is 31.0 Å². The van der Waals surface area contributed by atoms with Gasteiger partial charge in [0.25, 0.3) is 0 Å². The smallest absolute Gasteiger partial charge is 0.216 e. The van der Waals surface area contributed by atoms with Gasteiger partial charge in [0.2, 0.25) is 28.5 Å². The van der Waals surface area contributed by atoms with Crippen LogP contribution in [0.4, 0.5) is 0 Å². The van der Waals surface area contributed by atoms with Crippen molar-refractivity contribution in [2.24, 2.45) is 35.2 Å². The number of nitrogens with zero attached hydrogens (tertiary/aromatic N) is 5. The third-order valence-corrected chi connectivity index (χ3v) is 27.0. The summed E-state index contributed by atoms with van der Waals surface area (Å²) in [5.41, 5.74) is 21.5. The molecule has 8 aliphatic rings. The lowest BCUT2D eigenvalue weighted by molar-refractivity contribution is -0.660. The minimum Gasteiger partial charge on any atom is -0.487 e. The first-order valence-corrected chi connectivity index (χ1v) is 42.0. The molecule has 604 valence electrons. The van der Waals surface area contributed by atoms with Crippen molar-refractivity contribution in [1.29, 1.82) is 0 Å². The summed E-state index contributed by atoms with van der Waals surface area (Å²) in [5, 5.41) is 0. The van der Waals surface area contributed by atoms with E-state index >= 15 is 0 Å². The van der Waals surface area contributed by atoms with Gasteiger partial charge in [-0.2, -0.15) is 0 Å². The van der Waals surface area contributed by atoms with Gasteiger partial charge in [-0.1, -0.05) is 100 Å². The standard InChI is InChI=1S/3C22H28NO.C20H26NO.C19H24NO/c1-15-8-11-18(23(5)14-15)19-16(2)9-10-17-20(19)24-21(3,4)22(17)12-6-7-13-22;2*1-16-7-10-19(23(3)15-16)20-17(2)8-9-18-11-14-22(24-21(18)20)12-5-4-6-13-22;1-13-8-11-16(21(7)12-13)17-14(2)9-10-15-18(17)22-20(5,6)19(15,3)4;1-13-6-9-16(20(5)12-13)17-14(2)7-8-15-10-11-19(3,4)21-18(15)17/h8-11,14H,6-7,12-13H2,1-5H3;2*7-10,15H,4-6,11-14H2,1-3H3;8-12H,1-7H3;6-9,12H,10-11H2,1-5H3/q5*+1/i1D3;1D3,11D2;3*1D3. The lowest BCUT2D eigenvalue weighted by atomic mass is 9.69. The molecule has 10 heterocycles. The number of hydrogen-bond acceptors (Lipinski definition) is 5. The Morgan fingerprint density at radius 2 is 0.609 bits per heavy atom. The molecule has 5 aromatic heterocycles. The van der Waals surface area contributed by atoms with Crippen LogP contribution in [-0.2, 0) is 65.3 Å². The van der Waals surface area contributed by atoms with Gasteiger partial charge in [-0.05, 0) is 288 Å². The average molecular weight is 1560 g/mol. The van der Waals surface area contributed by atoms with Crippen molar-refractivity contribution in [2.75, 3.05) is 0 Å². The van der Waals surface area contributed by atoms with Crippen LogP contribution in [0, 0.1) is 68.9 Å². The maximum absolute atomic E-state index is 8.77. The second-order valence-electron chi connectivity index (χ2n) is 36.5. The summed E-state index contributed by atoms with van der Waals surface area (Å²) in [6, 6.07) is 39.0. The summed E-state index contributed by atoms with van der Waals surface area (Å²) < 4.78 is 174. The van der Waals surface area contributed by atoms with Gasteiger partial charge in [-0.15, -0.1) is 0 Å². The molecule has 5 aromatic carbocycles. The zero-order valence-corrected chi connectivity index (χ0v) is 71.6. The van der Waals surface area contributed by atoms with E-state index < -0.39 is 46.2 Å². The number of pyridine rings is 5. The number of aromatic nitrogens is 5. The number of ether oxygens (including phenoxy) is 5. The van der Waals surface area contributed by atoms with Gasteiger partial charge < -0.3 is 23.7 Å². The molecule has 0 N–H and O–H groups in total. The third kappa shape index (κ3) is 16.1. The quantitative estimate of drug-likeness (QED) is 0.161. The molecule has 0 bridgehead atoms. The Kier molecular flexibility index (Phi) is 17.6. The second kappa shape index (κ2) is 32.0. The Bertz CT molecular complexity index is 6060. The Hall–Kier alpha value is -9.15. The number of fused-ring (bicyclic) bond motifs is 6. The summed E-state index contributed by atoms with van der Waals surface area (Å²) in [5.74, 6) is 4.47. The van der Waals surface area contributed by atoms with Crippen molar-refractivity contribution in [2.45, 2.75) is 291 Å². The fraction of sp³-hybridized carbons (Fsp3) is 0.476. The highest BCUT2D eigenvalue weighted by molar-refractivity contribution is 5.77. The van der Waals surface area contributed by atoms with E-state index in [1.54, 1.807) is 61.3 Å². The molecule has 10 aromatic rings. The summed E-state index contributed by atoms with van der Waals surface area (Å²) in [7, 11) is 9.43. The molecule has 3 spiro atoms. The van der Waals surface area contributed by atoms with Gasteiger partial charge in [0.1, 0.15) is 92.0 Å². The Labute approximate surface area is 714 Å². The third-order valence-electron chi connectivity index (χ3n) is 27.0. The number of aryl methyl sites for hydroxylation is 18. The molecule has 0 unspecified atom stereocenters. The second-order valence-corrected chi connectivity index (χ2v) is 36.5. The molecule has 5 aliphatic heterocycles. The molecule has 0 atom stereocenters. The predicted octanol–water partition coefficient (Wildman–Crippen LogP) is 22.6. The molecule has 10 nitrogen and oxygen atoms in total. The molecular formula is C105H134N5O5+5. The summed E-state index contributed by atoms with van der Waals surface area (Å²) >= 11 is 0. The highest BCUT2D eigenvalue weighted by Crippen LogP contribution is 2.61. The van der Waals surface area contributed by atoms with Crippen LogP contribution in [-0.4, -0.2) is 28.0 Å². The van der Waals surface area contributed by atoms with Crippen LogP contribution in [0.2, 0.25) is 0 Å². The fourth-order valence-electron chi connectivity index (χ4n) is 19.5. The Morgan fingerprint density at radius 3 is 1.00 bits per heavy atom. The molecule has 115 heavy (non-hydrogen) atoms. The normalized spacial score (nSPS) is 21.7. The summed E-state index contributed by atoms with van der Waals surface area (Å²) in [4.78, 5) is 0. The molecule has 18 rings (SSSR count). The first-order valence-electron chi connectivity index (χ1n) is 50.5. The van der Waals surface area contributed by atoms with Gasteiger partial charge >= 0.3 is 0 Å². The molecule has 3 aliphatic carbocycles. The minimum atomic E-state index is -2.17. The van der Waals surface area contributed by atoms with Crippen molar-refractivity contribution in [3.8, 4) is 85.0 Å². The highest BCUT2D eigenvalue weighted by atomic mass is 16.5. The average Bonchev–Trinajstić information content (AvgIpc) is 1.58. The lowest BCUT2D eigenvalue weighted by Crippen LogP contribution is -2.44. The maximum Gasteiger partial charge on any atom is 0.216 e. The zero-order valence-electron chi connectivity index (χ0n) is 88.6. The number of benzene rings is 5. The van der Waals surface area contributed by atoms with E-state index in [2.05, 4.69) is 132 Å². The van der Waals surface area contributed by atoms with Gasteiger partial charge in [-0.3, -0.25) is 0 Å². The lowest BCUT2D eigenvalue weighted by Gasteiger charge is -2.42. The van der Waals surface area contributed by atoms with E-state index in [0.29, 0.717) is 40.0 Å². The fourth-order valence-corrected chi connectivity index (χ4v) is 19.5. The van der Waals surface area contributed by atoms with Crippen LogP contribution in [0.25, 0.3) is 56.3 Å². The highest BCUT2D eigenvalue weighted by Gasteiger charge is 2.57. The van der Waals surface area contributed by atoms with Crippen LogP contribution >= 0.6 is 0 Å². The Morgan fingerprint density at radius 1 is 0.296 bits per heavy atom. The van der Waals surface area contributed by atoms with Crippen molar-refractivity contribution in [3.63, 3.8) is 0 Å². The van der Waals surface area contributed by atoms with Gasteiger partial charge in [-0.25, -0.2) is 22.8 Å². The van der Waals surface area contributed by atoms with Crippen LogP contribution < -0.4 is 46.5 Å². The first kappa shape index (κ1) is 63.1. The van der Waals surface area contributed by atoms with Crippen molar-refractivity contribution in [1.82, 2.24) is 0 Å². The van der Waals surface area contributed by atoms with Crippen LogP contribution in [0.15, 0.2) is 152 Å². The minimum absolute atomic E-state index is 0.00893. The molecule has 0 amide bonds. The molecule has 3 saturated carbocycles. The number of hydrogen-bond donors (Lipinski definition) is 0. The maximum atomic E-state index is 8.77. The van der Waals surface area contributed by atoms with Crippen LogP contribution in [0.1, 0.15) is 271 Å². The Balaban J connectivity index is 0.000000133. The van der Waals surface area contributed by atoms with E-state index in [9.17, 15) is 0 Å². The van der Waals surface area contributed by atoms with Gasteiger partial charge in [0.05, 0.1) is 27.8 Å². The number of rotatable bonds is 5. The van der Waals surface area contributed by atoms with Crippen molar-refractivity contribution >= 4 is 0 Å². The summed E-state index contributed by atoms with van der Waals surface area (Å²) in [6.45, 7) is 17.1. The van der Waals surface area contributed by atoms with Crippen molar-refractivity contribution in [3.05, 3.63) is 236 Å². The molecule has 3 fully saturated rings. The topological polar surface area (TPSA) is 65.5 Å². The van der Waals surface area contributed by atoms with Crippen LogP contribution in [0.3, 0.4) is 0 Å². The monoisotopic (exact) mass is 1560 g/mol. The van der Waals surface area contributed by atoms with E-state index in [-0.39, 0.29) is 38.8 Å². The predicted molar refractivity (Wildman–Crippen MR) is 468 cm³/mol. The van der Waals surface area contributed by atoms with E-state index in [4.69, 9.17) is 47.0 Å². The largest absolute Gasteiger partial charge is 0.487 e. The summed E-state index contributed by atoms with van der Waals surface area (Å²) in [6.07, 6.45) is 27.5. The van der Waals surface area contributed by atoms with Gasteiger partial charge in [0, 0.05) is 103 Å². The van der Waals surface area contributed by atoms with E-state index in [0.717, 1.165) is 166 Å². The molecule has 10 heteroatoms. The van der Waals surface area contributed by atoms with E-state index in [1.165, 1.54) is 79.2 Å². The molecule has 0 saturated heterocycles. The molecule has 0 radical (unpaired) electrons.